The molecule has 0 unspecified atom stereocenters. The van der Waals surface area contributed by atoms with Crippen molar-refractivity contribution in [1.82, 2.24) is 10.3 Å². The molecule has 2 rings (SSSR count). The quantitative estimate of drug-likeness (QED) is 0.888. The highest BCUT2D eigenvalue weighted by molar-refractivity contribution is 7.90. The lowest BCUT2D eigenvalue weighted by atomic mass is 10.2. The highest BCUT2D eigenvalue weighted by Crippen LogP contribution is 2.20. The molecule has 17 heavy (non-hydrogen) atoms. The maximum absolute atomic E-state index is 11.1. The molecule has 0 spiro atoms. The van der Waals surface area contributed by atoms with Crippen LogP contribution in [0.15, 0.2) is 6.20 Å². The van der Waals surface area contributed by atoms with Crippen LogP contribution in [-0.4, -0.2) is 25.7 Å². The second-order valence-electron chi connectivity index (χ2n) is 4.65. The predicted octanol–water partition coefficient (Wildman–Crippen LogP) is 1.72. The van der Waals surface area contributed by atoms with Gasteiger partial charge in [0.05, 0.1) is 0 Å². The lowest BCUT2D eigenvalue weighted by Gasteiger charge is -2.09. The summed E-state index contributed by atoms with van der Waals surface area (Å²) in [6, 6.07) is 0.635. The molecule has 0 bridgehead atoms. The molecule has 0 radical (unpaired) electrons. The third-order valence-electron chi connectivity index (χ3n) is 2.91. The van der Waals surface area contributed by atoms with Crippen molar-refractivity contribution in [2.75, 3.05) is 6.26 Å². The van der Waals surface area contributed by atoms with E-state index < -0.39 is 9.84 Å². The van der Waals surface area contributed by atoms with Crippen molar-refractivity contribution >= 4 is 21.2 Å². The van der Waals surface area contributed by atoms with E-state index in [0.717, 1.165) is 11.4 Å². The predicted molar refractivity (Wildman–Crippen MR) is 69.8 cm³/mol. The monoisotopic (exact) mass is 274 g/mol. The number of hydrogen-bond donors (Lipinski definition) is 1. The summed E-state index contributed by atoms with van der Waals surface area (Å²) in [5.41, 5.74) is 0. The SMILES string of the molecule is CS(=O)(=O)Cc1ncc(CNC2CCCC2)s1. The van der Waals surface area contributed by atoms with E-state index in [0.29, 0.717) is 11.0 Å². The molecule has 1 N–H and O–H groups in total. The van der Waals surface area contributed by atoms with E-state index in [9.17, 15) is 8.42 Å². The summed E-state index contributed by atoms with van der Waals surface area (Å²) in [7, 11) is -2.97. The van der Waals surface area contributed by atoms with Gasteiger partial charge < -0.3 is 5.32 Å². The van der Waals surface area contributed by atoms with Crippen LogP contribution in [0.2, 0.25) is 0 Å². The molecule has 0 atom stereocenters. The lowest BCUT2D eigenvalue weighted by molar-refractivity contribution is 0.527. The minimum absolute atomic E-state index is 0.0566. The van der Waals surface area contributed by atoms with Crippen LogP contribution in [0.5, 0.6) is 0 Å². The smallest absolute Gasteiger partial charge is 0.153 e. The van der Waals surface area contributed by atoms with Gasteiger partial charge in [-0.2, -0.15) is 0 Å². The third-order valence-corrected chi connectivity index (χ3v) is 4.89. The van der Waals surface area contributed by atoms with Crippen molar-refractivity contribution in [2.24, 2.45) is 0 Å². The Kier molecular flexibility index (Phi) is 4.17. The van der Waals surface area contributed by atoms with Crippen LogP contribution >= 0.6 is 11.3 Å². The maximum Gasteiger partial charge on any atom is 0.153 e. The minimum atomic E-state index is -2.97. The van der Waals surface area contributed by atoms with Crippen LogP contribution in [0.1, 0.15) is 35.6 Å². The van der Waals surface area contributed by atoms with E-state index in [4.69, 9.17) is 0 Å². The van der Waals surface area contributed by atoms with Gasteiger partial charge in [0.2, 0.25) is 0 Å². The van der Waals surface area contributed by atoms with Crippen LogP contribution in [0, 0.1) is 0 Å². The number of rotatable bonds is 5. The zero-order valence-electron chi connectivity index (χ0n) is 9.98. The summed E-state index contributed by atoms with van der Waals surface area (Å²) in [5.74, 6) is 0.0566. The van der Waals surface area contributed by atoms with Gasteiger partial charge in [-0.3, -0.25) is 0 Å². The standard InChI is InChI=1S/C11H18N2O2S2/c1-17(14,15)8-11-13-7-10(16-11)6-12-9-4-2-3-5-9/h7,9,12H,2-6,8H2,1H3. The van der Waals surface area contributed by atoms with Crippen LogP contribution in [-0.2, 0) is 22.1 Å². The molecule has 1 fully saturated rings. The summed E-state index contributed by atoms with van der Waals surface area (Å²) in [5, 5.41) is 4.19. The molecule has 96 valence electrons. The molecule has 0 amide bonds. The number of nitrogens with one attached hydrogen (secondary N) is 1. The van der Waals surface area contributed by atoms with Crippen LogP contribution in [0.3, 0.4) is 0 Å². The molecule has 1 aromatic heterocycles. The molecule has 1 saturated carbocycles. The molecule has 0 saturated heterocycles. The molecule has 0 aromatic carbocycles. The second kappa shape index (κ2) is 5.46. The molecule has 0 aliphatic heterocycles. The average molecular weight is 274 g/mol. The van der Waals surface area contributed by atoms with Gasteiger partial charge in [-0.1, -0.05) is 12.8 Å². The van der Waals surface area contributed by atoms with Crippen LogP contribution < -0.4 is 5.32 Å². The van der Waals surface area contributed by atoms with E-state index in [2.05, 4.69) is 10.3 Å². The summed E-state index contributed by atoms with van der Waals surface area (Å²) < 4.78 is 22.3. The van der Waals surface area contributed by atoms with Crippen molar-refractivity contribution < 1.29 is 8.42 Å². The Morgan fingerprint density at radius 2 is 2.18 bits per heavy atom. The molecule has 4 nitrogen and oxygen atoms in total. The Labute approximate surface area is 106 Å². The number of aromatic nitrogens is 1. The summed E-state index contributed by atoms with van der Waals surface area (Å²) >= 11 is 1.49. The average Bonchev–Trinajstić information content (AvgIpc) is 2.82. The zero-order chi connectivity index (χ0) is 12.3. The largest absolute Gasteiger partial charge is 0.309 e. The van der Waals surface area contributed by atoms with Gasteiger partial charge in [0.15, 0.2) is 9.84 Å². The van der Waals surface area contributed by atoms with E-state index in [-0.39, 0.29) is 5.75 Å². The normalized spacial score (nSPS) is 17.7. The topological polar surface area (TPSA) is 59.1 Å². The Morgan fingerprint density at radius 3 is 2.82 bits per heavy atom. The van der Waals surface area contributed by atoms with Gasteiger partial charge in [0.25, 0.3) is 0 Å². The first kappa shape index (κ1) is 13.0. The van der Waals surface area contributed by atoms with Crippen molar-refractivity contribution in [2.45, 2.75) is 44.0 Å². The molecule has 1 aliphatic rings. The number of sulfone groups is 1. The fraction of sp³-hybridized carbons (Fsp3) is 0.727. The highest BCUT2D eigenvalue weighted by Gasteiger charge is 2.15. The van der Waals surface area contributed by atoms with Gasteiger partial charge in [-0.05, 0) is 12.8 Å². The van der Waals surface area contributed by atoms with Gasteiger partial charge >= 0.3 is 0 Å². The Morgan fingerprint density at radius 1 is 1.47 bits per heavy atom. The van der Waals surface area contributed by atoms with Gasteiger partial charge in [0, 0.05) is 29.9 Å². The maximum atomic E-state index is 11.1. The molecule has 1 aliphatic carbocycles. The van der Waals surface area contributed by atoms with Crippen LogP contribution in [0.4, 0.5) is 0 Å². The number of hydrogen-bond acceptors (Lipinski definition) is 5. The summed E-state index contributed by atoms with van der Waals surface area (Å²) in [6.07, 6.45) is 8.18. The van der Waals surface area contributed by atoms with E-state index in [1.54, 1.807) is 6.20 Å². The summed E-state index contributed by atoms with van der Waals surface area (Å²) in [4.78, 5) is 5.27. The highest BCUT2D eigenvalue weighted by atomic mass is 32.2. The van der Waals surface area contributed by atoms with Crippen molar-refractivity contribution in [3.8, 4) is 0 Å². The number of nitrogens with zero attached hydrogens (tertiary/aromatic N) is 1. The second-order valence-corrected chi connectivity index (χ2v) is 7.99. The first-order valence-corrected chi connectivity index (χ1v) is 8.75. The number of thiazole rings is 1. The lowest BCUT2D eigenvalue weighted by Crippen LogP contribution is -2.24. The molecule has 1 aromatic rings. The first-order chi connectivity index (χ1) is 8.03. The zero-order valence-corrected chi connectivity index (χ0v) is 11.6. The van der Waals surface area contributed by atoms with Gasteiger partial charge in [-0.15, -0.1) is 11.3 Å². The van der Waals surface area contributed by atoms with Gasteiger partial charge in [0.1, 0.15) is 10.8 Å². The van der Waals surface area contributed by atoms with Crippen molar-refractivity contribution in [3.05, 3.63) is 16.1 Å². The van der Waals surface area contributed by atoms with Crippen molar-refractivity contribution in [3.63, 3.8) is 0 Å². The minimum Gasteiger partial charge on any atom is -0.309 e. The Bertz CT molecular complexity index is 462. The van der Waals surface area contributed by atoms with Crippen LogP contribution in [0.25, 0.3) is 0 Å². The Hall–Kier alpha value is -0.460. The van der Waals surface area contributed by atoms with E-state index in [1.165, 1.54) is 43.3 Å². The van der Waals surface area contributed by atoms with E-state index >= 15 is 0 Å². The molecule has 6 heteroatoms. The fourth-order valence-electron chi connectivity index (χ4n) is 2.10. The molecular weight excluding hydrogens is 256 g/mol. The van der Waals surface area contributed by atoms with Gasteiger partial charge in [-0.25, -0.2) is 13.4 Å². The first-order valence-electron chi connectivity index (χ1n) is 5.87. The molecule has 1 heterocycles. The Balaban J connectivity index is 1.85. The third kappa shape index (κ3) is 4.37. The van der Waals surface area contributed by atoms with Crippen molar-refractivity contribution in [1.29, 1.82) is 0 Å². The van der Waals surface area contributed by atoms with E-state index in [1.807, 2.05) is 0 Å². The summed E-state index contributed by atoms with van der Waals surface area (Å²) in [6.45, 7) is 0.812. The fourth-order valence-corrected chi connectivity index (χ4v) is 4.17. The molecular formula is C11H18N2O2S2.